The fourth-order valence-electron chi connectivity index (χ4n) is 1.17. The van der Waals surface area contributed by atoms with Crippen molar-refractivity contribution in [2.75, 3.05) is 6.61 Å². The molecule has 1 amide bonds. The van der Waals surface area contributed by atoms with Crippen LogP contribution in [0.3, 0.4) is 0 Å². The Morgan fingerprint density at radius 2 is 2.31 bits per heavy atom. The first-order chi connectivity index (χ1) is 7.67. The fourth-order valence-corrected chi connectivity index (χ4v) is 1.17. The van der Waals surface area contributed by atoms with Gasteiger partial charge < -0.3 is 4.74 Å². The molecular formula is C13H17NO2. The second-order valence-corrected chi connectivity index (χ2v) is 3.82. The zero-order chi connectivity index (χ0) is 12.0. The first-order valence-corrected chi connectivity index (χ1v) is 5.41. The SMILES string of the molecule is C=NC(=O)c1cccc(OCC(C)CC)c1. The van der Waals surface area contributed by atoms with E-state index in [9.17, 15) is 4.79 Å². The summed E-state index contributed by atoms with van der Waals surface area (Å²) >= 11 is 0. The summed E-state index contributed by atoms with van der Waals surface area (Å²) in [6.07, 6.45) is 1.08. The average Bonchev–Trinajstić information content (AvgIpc) is 2.35. The Morgan fingerprint density at radius 1 is 1.56 bits per heavy atom. The smallest absolute Gasteiger partial charge is 0.276 e. The van der Waals surface area contributed by atoms with Crippen LogP contribution in [0.4, 0.5) is 0 Å². The van der Waals surface area contributed by atoms with Crippen molar-refractivity contribution in [3.8, 4) is 5.75 Å². The average molecular weight is 219 g/mol. The number of aliphatic imine (C=N–C) groups is 1. The number of amides is 1. The van der Waals surface area contributed by atoms with Gasteiger partial charge in [0.05, 0.1) is 6.61 Å². The van der Waals surface area contributed by atoms with Gasteiger partial charge in [0, 0.05) is 5.56 Å². The van der Waals surface area contributed by atoms with Crippen molar-refractivity contribution in [1.82, 2.24) is 0 Å². The van der Waals surface area contributed by atoms with Gasteiger partial charge in [0.2, 0.25) is 0 Å². The van der Waals surface area contributed by atoms with Crippen LogP contribution in [0.25, 0.3) is 0 Å². The Bertz CT molecular complexity index is 374. The molecule has 0 heterocycles. The zero-order valence-corrected chi connectivity index (χ0v) is 9.77. The Hall–Kier alpha value is -1.64. The fraction of sp³-hybridized carbons (Fsp3) is 0.385. The number of carbonyl (C=O) groups is 1. The molecule has 1 rings (SSSR count). The number of benzene rings is 1. The molecule has 3 nitrogen and oxygen atoms in total. The van der Waals surface area contributed by atoms with Gasteiger partial charge in [0.25, 0.3) is 5.91 Å². The van der Waals surface area contributed by atoms with Crippen LogP contribution in [-0.2, 0) is 0 Å². The van der Waals surface area contributed by atoms with Gasteiger partial charge in [-0.1, -0.05) is 26.3 Å². The van der Waals surface area contributed by atoms with Crippen molar-refractivity contribution in [1.29, 1.82) is 0 Å². The van der Waals surface area contributed by atoms with Gasteiger partial charge in [-0.3, -0.25) is 4.79 Å². The molecule has 0 aliphatic rings. The number of carbonyl (C=O) groups excluding carboxylic acids is 1. The predicted molar refractivity (Wildman–Crippen MR) is 65.3 cm³/mol. The largest absolute Gasteiger partial charge is 0.493 e. The third-order valence-electron chi connectivity index (χ3n) is 2.46. The Kier molecular flexibility index (Phi) is 4.70. The topological polar surface area (TPSA) is 38.7 Å². The maximum absolute atomic E-state index is 11.3. The van der Waals surface area contributed by atoms with Crippen LogP contribution in [0.5, 0.6) is 5.75 Å². The Morgan fingerprint density at radius 3 is 2.94 bits per heavy atom. The Balaban J connectivity index is 2.67. The van der Waals surface area contributed by atoms with Crippen LogP contribution in [-0.4, -0.2) is 19.2 Å². The van der Waals surface area contributed by atoms with E-state index in [1.54, 1.807) is 18.2 Å². The summed E-state index contributed by atoms with van der Waals surface area (Å²) < 4.78 is 5.58. The van der Waals surface area contributed by atoms with Crippen LogP contribution < -0.4 is 4.74 Å². The van der Waals surface area contributed by atoms with Gasteiger partial charge in [0.15, 0.2) is 0 Å². The second kappa shape index (κ2) is 6.05. The maximum Gasteiger partial charge on any atom is 0.276 e. The first kappa shape index (κ1) is 12.4. The van der Waals surface area contributed by atoms with Crippen molar-refractivity contribution in [2.45, 2.75) is 20.3 Å². The van der Waals surface area contributed by atoms with Crippen LogP contribution in [0.2, 0.25) is 0 Å². The van der Waals surface area contributed by atoms with Crippen LogP contribution in [0.1, 0.15) is 30.6 Å². The van der Waals surface area contributed by atoms with Crippen LogP contribution in [0.15, 0.2) is 29.3 Å². The van der Waals surface area contributed by atoms with Crippen LogP contribution >= 0.6 is 0 Å². The lowest BCUT2D eigenvalue weighted by Crippen LogP contribution is -2.07. The normalized spacial score (nSPS) is 11.9. The monoisotopic (exact) mass is 219 g/mol. The highest BCUT2D eigenvalue weighted by Crippen LogP contribution is 2.15. The molecular weight excluding hydrogens is 202 g/mol. The molecule has 0 spiro atoms. The summed E-state index contributed by atoms with van der Waals surface area (Å²) in [6, 6.07) is 7.01. The molecule has 0 saturated heterocycles. The zero-order valence-electron chi connectivity index (χ0n) is 9.77. The summed E-state index contributed by atoms with van der Waals surface area (Å²) in [5.74, 6) is 0.890. The standard InChI is InChI=1S/C13H17NO2/c1-4-10(2)9-16-12-7-5-6-11(8-12)13(15)14-3/h5-8,10H,3-4,9H2,1-2H3. The molecule has 0 bridgehead atoms. The molecule has 1 aromatic carbocycles. The minimum absolute atomic E-state index is 0.325. The molecule has 0 aliphatic carbocycles. The van der Waals surface area contributed by atoms with Gasteiger partial charge in [-0.2, -0.15) is 0 Å². The van der Waals surface area contributed by atoms with E-state index in [1.807, 2.05) is 6.07 Å². The first-order valence-electron chi connectivity index (χ1n) is 5.41. The summed E-state index contributed by atoms with van der Waals surface area (Å²) in [5, 5.41) is 0. The molecule has 0 radical (unpaired) electrons. The third-order valence-corrected chi connectivity index (χ3v) is 2.46. The van der Waals surface area contributed by atoms with Crippen molar-refractivity contribution in [3.63, 3.8) is 0 Å². The minimum atomic E-state index is -0.325. The van der Waals surface area contributed by atoms with E-state index >= 15 is 0 Å². The highest BCUT2D eigenvalue weighted by Gasteiger charge is 2.05. The lowest BCUT2D eigenvalue weighted by molar-refractivity contribution is 0.100. The number of hydrogen-bond acceptors (Lipinski definition) is 2. The predicted octanol–water partition coefficient (Wildman–Crippen LogP) is 2.95. The Labute approximate surface area is 96.2 Å². The van der Waals surface area contributed by atoms with Crippen LogP contribution in [0, 0.1) is 5.92 Å². The van der Waals surface area contributed by atoms with E-state index < -0.39 is 0 Å². The molecule has 0 aromatic heterocycles. The third kappa shape index (κ3) is 3.50. The van der Waals surface area contributed by atoms with Crippen molar-refractivity contribution < 1.29 is 9.53 Å². The summed E-state index contributed by atoms with van der Waals surface area (Å²) in [6.45, 7) is 8.12. The highest BCUT2D eigenvalue weighted by atomic mass is 16.5. The number of hydrogen-bond donors (Lipinski definition) is 0. The number of nitrogens with zero attached hydrogens (tertiary/aromatic N) is 1. The van der Waals surface area contributed by atoms with Gasteiger partial charge in [-0.05, 0) is 30.8 Å². The van der Waals surface area contributed by atoms with E-state index in [-0.39, 0.29) is 5.91 Å². The highest BCUT2D eigenvalue weighted by molar-refractivity contribution is 5.97. The minimum Gasteiger partial charge on any atom is -0.493 e. The molecule has 16 heavy (non-hydrogen) atoms. The summed E-state index contributed by atoms with van der Waals surface area (Å²) in [4.78, 5) is 14.6. The summed E-state index contributed by atoms with van der Waals surface area (Å²) in [5.41, 5.74) is 0.511. The van der Waals surface area contributed by atoms with E-state index in [2.05, 4.69) is 25.6 Å². The van der Waals surface area contributed by atoms with E-state index in [0.717, 1.165) is 6.42 Å². The lowest BCUT2D eigenvalue weighted by atomic mass is 10.1. The number of rotatable bonds is 5. The van der Waals surface area contributed by atoms with Gasteiger partial charge >= 0.3 is 0 Å². The maximum atomic E-state index is 11.3. The second-order valence-electron chi connectivity index (χ2n) is 3.82. The number of ether oxygens (including phenoxy) is 1. The van der Waals surface area contributed by atoms with Crippen molar-refractivity contribution >= 4 is 12.6 Å². The van der Waals surface area contributed by atoms with Crippen molar-refractivity contribution in [3.05, 3.63) is 29.8 Å². The molecule has 1 atom stereocenters. The molecule has 1 aromatic rings. The molecule has 0 fully saturated rings. The van der Waals surface area contributed by atoms with Crippen molar-refractivity contribution in [2.24, 2.45) is 10.9 Å². The molecule has 1 unspecified atom stereocenters. The van der Waals surface area contributed by atoms with E-state index in [4.69, 9.17) is 4.74 Å². The molecule has 0 N–H and O–H groups in total. The molecule has 0 saturated carbocycles. The molecule has 3 heteroatoms. The van der Waals surface area contributed by atoms with Gasteiger partial charge in [0.1, 0.15) is 5.75 Å². The molecule has 86 valence electrons. The molecule has 0 aliphatic heterocycles. The lowest BCUT2D eigenvalue weighted by Gasteiger charge is -2.11. The van der Waals surface area contributed by atoms with E-state index in [1.165, 1.54) is 0 Å². The summed E-state index contributed by atoms with van der Waals surface area (Å²) in [7, 11) is 0. The van der Waals surface area contributed by atoms with Gasteiger partial charge in [-0.25, -0.2) is 4.99 Å². The van der Waals surface area contributed by atoms with Gasteiger partial charge in [-0.15, -0.1) is 0 Å². The van der Waals surface area contributed by atoms with E-state index in [0.29, 0.717) is 23.8 Å². The quantitative estimate of drug-likeness (QED) is 0.714.